The van der Waals surface area contributed by atoms with Crippen molar-refractivity contribution in [2.24, 2.45) is 0 Å². The molecule has 6 heteroatoms. The fraction of sp³-hybridized carbons (Fsp3) is 0.750. The molecule has 0 bridgehead atoms. The Kier molecular flexibility index (Phi) is 6.32. The molecular weight excluding hydrogens is 296 g/mol. The Hall–Kier alpha value is -1.01. The van der Waals surface area contributed by atoms with E-state index in [2.05, 4.69) is 41.0 Å². The minimum atomic E-state index is 0.188. The van der Waals surface area contributed by atoms with Crippen LogP contribution in [0.3, 0.4) is 0 Å². The summed E-state index contributed by atoms with van der Waals surface area (Å²) in [4.78, 5) is 10.9. The molecule has 1 aromatic heterocycles. The van der Waals surface area contributed by atoms with E-state index in [1.807, 2.05) is 17.8 Å². The fourth-order valence-electron chi connectivity index (χ4n) is 2.63. The Morgan fingerprint density at radius 1 is 1.36 bits per heavy atom. The Balaban J connectivity index is 1.92. The summed E-state index contributed by atoms with van der Waals surface area (Å²) < 4.78 is 0.292. The number of aromatic nitrogens is 2. The molecular formula is C16H28N4OS. The van der Waals surface area contributed by atoms with Gasteiger partial charge in [0.05, 0.1) is 12.6 Å². The van der Waals surface area contributed by atoms with Crippen LogP contribution in [0.25, 0.3) is 0 Å². The Morgan fingerprint density at radius 2 is 2.18 bits per heavy atom. The largest absolute Gasteiger partial charge is 0.394 e. The van der Waals surface area contributed by atoms with Crippen molar-refractivity contribution in [3.63, 3.8) is 0 Å². The molecule has 0 spiro atoms. The normalized spacial score (nSPS) is 19.3. The first kappa shape index (κ1) is 17.3. The van der Waals surface area contributed by atoms with Crippen LogP contribution < -0.4 is 10.2 Å². The maximum absolute atomic E-state index is 9.54. The van der Waals surface area contributed by atoms with Gasteiger partial charge in [-0.1, -0.05) is 20.8 Å². The van der Waals surface area contributed by atoms with Gasteiger partial charge in [0.15, 0.2) is 0 Å². The molecule has 2 N–H and O–H groups in total. The summed E-state index contributed by atoms with van der Waals surface area (Å²) in [5, 5.41) is 12.9. The minimum absolute atomic E-state index is 0.188. The zero-order chi connectivity index (χ0) is 16.0. The van der Waals surface area contributed by atoms with Crippen LogP contribution in [0.4, 0.5) is 11.6 Å². The number of anilines is 2. The predicted octanol–water partition coefficient (Wildman–Crippen LogP) is 2.77. The van der Waals surface area contributed by atoms with Crippen LogP contribution in [0.15, 0.2) is 12.4 Å². The number of aliphatic hydroxyl groups excluding tert-OH is 1. The number of nitrogens with one attached hydrogen (secondary N) is 1. The first-order valence-electron chi connectivity index (χ1n) is 8.07. The average Bonchev–Trinajstić information content (AvgIpc) is 2.51. The van der Waals surface area contributed by atoms with Gasteiger partial charge >= 0.3 is 0 Å². The monoisotopic (exact) mass is 324 g/mol. The van der Waals surface area contributed by atoms with Crippen molar-refractivity contribution in [3.8, 4) is 0 Å². The maximum Gasteiger partial charge on any atom is 0.134 e. The Labute approximate surface area is 137 Å². The number of rotatable bonds is 6. The average molecular weight is 324 g/mol. The molecule has 1 aliphatic heterocycles. The molecule has 0 amide bonds. The lowest BCUT2D eigenvalue weighted by Gasteiger charge is -2.35. The summed E-state index contributed by atoms with van der Waals surface area (Å²) in [6.45, 7) is 8.72. The van der Waals surface area contributed by atoms with Crippen LogP contribution in [0, 0.1) is 0 Å². The number of hydrogen-bond acceptors (Lipinski definition) is 6. The van der Waals surface area contributed by atoms with Gasteiger partial charge in [-0.15, -0.1) is 0 Å². The molecule has 2 heterocycles. The second kappa shape index (κ2) is 8.02. The quantitative estimate of drug-likeness (QED) is 0.785. The van der Waals surface area contributed by atoms with Crippen molar-refractivity contribution >= 4 is 23.4 Å². The number of aliphatic hydroxyl groups is 1. The third kappa shape index (κ3) is 5.32. The molecule has 1 atom stereocenters. The van der Waals surface area contributed by atoms with E-state index < -0.39 is 0 Å². The maximum atomic E-state index is 9.54. The van der Waals surface area contributed by atoms with Gasteiger partial charge in [0, 0.05) is 29.7 Å². The standard InChI is InChI=1S/C16H28N4OS/c1-16(2,3)22-9-7-17-14-10-15(19-12-18-14)20-8-5-4-6-13(20)11-21/h10,12-13,21H,4-9,11H2,1-3H3,(H,17,18,19). The molecule has 1 aromatic rings. The number of thioether (sulfide) groups is 1. The number of nitrogens with zero attached hydrogens (tertiary/aromatic N) is 3. The molecule has 124 valence electrons. The summed E-state index contributed by atoms with van der Waals surface area (Å²) in [6.07, 6.45) is 4.98. The second-order valence-electron chi connectivity index (χ2n) is 6.67. The van der Waals surface area contributed by atoms with Gasteiger partial charge in [-0.2, -0.15) is 11.8 Å². The Morgan fingerprint density at radius 3 is 2.91 bits per heavy atom. The number of piperidine rings is 1. The van der Waals surface area contributed by atoms with Gasteiger partial charge < -0.3 is 15.3 Å². The lowest BCUT2D eigenvalue weighted by Crippen LogP contribution is -2.42. The summed E-state index contributed by atoms with van der Waals surface area (Å²) in [7, 11) is 0. The van der Waals surface area contributed by atoms with Crippen LogP contribution in [0.2, 0.25) is 0 Å². The molecule has 0 radical (unpaired) electrons. The third-order valence-electron chi connectivity index (χ3n) is 3.73. The first-order chi connectivity index (χ1) is 10.5. The Bertz CT molecular complexity index is 464. The van der Waals surface area contributed by atoms with Gasteiger partial charge in [0.1, 0.15) is 18.0 Å². The highest BCUT2D eigenvalue weighted by molar-refractivity contribution is 8.00. The van der Waals surface area contributed by atoms with E-state index in [0.717, 1.165) is 43.3 Å². The predicted molar refractivity (Wildman–Crippen MR) is 94.8 cm³/mol. The van der Waals surface area contributed by atoms with E-state index in [9.17, 15) is 5.11 Å². The van der Waals surface area contributed by atoms with E-state index in [-0.39, 0.29) is 12.6 Å². The highest BCUT2D eigenvalue weighted by Crippen LogP contribution is 2.25. The molecule has 1 unspecified atom stereocenters. The fourth-order valence-corrected chi connectivity index (χ4v) is 3.45. The van der Waals surface area contributed by atoms with E-state index >= 15 is 0 Å². The van der Waals surface area contributed by atoms with Gasteiger partial charge in [0.25, 0.3) is 0 Å². The lowest BCUT2D eigenvalue weighted by molar-refractivity contribution is 0.239. The SMILES string of the molecule is CC(C)(C)SCCNc1cc(N2CCCCC2CO)ncn1. The van der Waals surface area contributed by atoms with Crippen molar-refractivity contribution in [1.29, 1.82) is 0 Å². The summed E-state index contributed by atoms with van der Waals surface area (Å²) in [6, 6.07) is 2.18. The van der Waals surface area contributed by atoms with E-state index in [1.54, 1.807) is 6.33 Å². The van der Waals surface area contributed by atoms with Crippen LogP contribution in [0.1, 0.15) is 40.0 Å². The zero-order valence-electron chi connectivity index (χ0n) is 13.9. The summed E-state index contributed by atoms with van der Waals surface area (Å²) in [5.74, 6) is 2.83. The van der Waals surface area contributed by atoms with E-state index in [1.165, 1.54) is 6.42 Å². The summed E-state index contributed by atoms with van der Waals surface area (Å²) >= 11 is 1.94. The molecule has 1 saturated heterocycles. The molecule has 1 aliphatic rings. The van der Waals surface area contributed by atoms with Crippen molar-refractivity contribution in [2.45, 2.75) is 50.8 Å². The molecule has 0 saturated carbocycles. The van der Waals surface area contributed by atoms with Crippen LogP contribution in [0.5, 0.6) is 0 Å². The van der Waals surface area contributed by atoms with Crippen molar-refractivity contribution < 1.29 is 5.11 Å². The van der Waals surface area contributed by atoms with Crippen LogP contribution in [-0.4, -0.2) is 51.3 Å². The van der Waals surface area contributed by atoms with Gasteiger partial charge in [-0.05, 0) is 19.3 Å². The molecule has 5 nitrogen and oxygen atoms in total. The van der Waals surface area contributed by atoms with Crippen molar-refractivity contribution in [3.05, 3.63) is 12.4 Å². The van der Waals surface area contributed by atoms with Crippen molar-refractivity contribution in [2.75, 3.05) is 35.7 Å². The van der Waals surface area contributed by atoms with Crippen LogP contribution in [-0.2, 0) is 0 Å². The zero-order valence-corrected chi connectivity index (χ0v) is 14.7. The number of hydrogen-bond donors (Lipinski definition) is 2. The molecule has 2 rings (SSSR count). The van der Waals surface area contributed by atoms with E-state index in [0.29, 0.717) is 4.75 Å². The van der Waals surface area contributed by atoms with Crippen molar-refractivity contribution in [1.82, 2.24) is 9.97 Å². The smallest absolute Gasteiger partial charge is 0.134 e. The second-order valence-corrected chi connectivity index (χ2v) is 8.60. The third-order valence-corrected chi connectivity index (χ3v) is 5.00. The molecule has 0 aliphatic carbocycles. The van der Waals surface area contributed by atoms with Gasteiger partial charge in [-0.3, -0.25) is 0 Å². The van der Waals surface area contributed by atoms with E-state index in [4.69, 9.17) is 0 Å². The highest BCUT2D eigenvalue weighted by Gasteiger charge is 2.23. The lowest BCUT2D eigenvalue weighted by atomic mass is 10.0. The van der Waals surface area contributed by atoms with Crippen LogP contribution >= 0.6 is 11.8 Å². The topological polar surface area (TPSA) is 61.3 Å². The highest BCUT2D eigenvalue weighted by atomic mass is 32.2. The minimum Gasteiger partial charge on any atom is -0.394 e. The van der Waals surface area contributed by atoms with Gasteiger partial charge in [-0.25, -0.2) is 9.97 Å². The molecule has 0 aromatic carbocycles. The first-order valence-corrected chi connectivity index (χ1v) is 9.05. The van der Waals surface area contributed by atoms with Gasteiger partial charge in [0.2, 0.25) is 0 Å². The molecule has 1 fully saturated rings. The summed E-state index contributed by atoms with van der Waals surface area (Å²) in [5.41, 5.74) is 0. The molecule has 22 heavy (non-hydrogen) atoms.